The maximum absolute atomic E-state index is 12.0. The average Bonchev–Trinajstić information content (AvgIpc) is 2.76. The number of hydrogen-bond acceptors (Lipinski definition) is 5. The van der Waals surface area contributed by atoms with E-state index in [0.29, 0.717) is 3.79 Å². The van der Waals surface area contributed by atoms with Crippen molar-refractivity contribution in [2.75, 3.05) is 4.72 Å². The molecule has 2 N–H and O–H groups in total. The lowest BCUT2D eigenvalue weighted by molar-refractivity contribution is 0.0690. The van der Waals surface area contributed by atoms with Gasteiger partial charge in [-0.25, -0.2) is 18.2 Å². The van der Waals surface area contributed by atoms with Gasteiger partial charge in [-0.05, 0) is 40.2 Å². The van der Waals surface area contributed by atoms with Gasteiger partial charge in [0.05, 0.1) is 3.79 Å². The SMILES string of the molecule is O=C(O)c1cccc(NS(=O)(=O)c2ccc(Br)s2)n1. The van der Waals surface area contributed by atoms with Crippen LogP contribution in [0.4, 0.5) is 5.82 Å². The molecule has 100 valence electrons. The third-order valence-electron chi connectivity index (χ3n) is 2.02. The van der Waals surface area contributed by atoms with Gasteiger partial charge >= 0.3 is 5.97 Å². The Kier molecular flexibility index (Phi) is 3.88. The highest BCUT2D eigenvalue weighted by atomic mass is 79.9. The molecule has 0 aromatic carbocycles. The summed E-state index contributed by atoms with van der Waals surface area (Å²) in [6, 6.07) is 7.13. The molecule has 0 bridgehead atoms. The van der Waals surface area contributed by atoms with Crippen LogP contribution in [0.25, 0.3) is 0 Å². The standard InChI is InChI=1S/C10H7BrN2O4S2/c11-7-4-5-9(18-7)19(16,17)13-8-3-1-2-6(12-8)10(14)15/h1-5H,(H,12,13)(H,14,15). The normalized spacial score (nSPS) is 11.2. The summed E-state index contributed by atoms with van der Waals surface area (Å²) in [5, 5.41) is 8.78. The second-order valence-electron chi connectivity index (χ2n) is 3.38. The van der Waals surface area contributed by atoms with Crippen LogP contribution in [0.5, 0.6) is 0 Å². The molecule has 2 heterocycles. The number of rotatable bonds is 4. The van der Waals surface area contributed by atoms with E-state index in [1.807, 2.05) is 0 Å². The molecular formula is C10H7BrN2O4S2. The van der Waals surface area contributed by atoms with E-state index in [-0.39, 0.29) is 15.7 Å². The number of thiophene rings is 1. The number of nitrogens with zero attached hydrogens (tertiary/aromatic N) is 1. The van der Waals surface area contributed by atoms with Crippen LogP contribution in [0.15, 0.2) is 38.3 Å². The van der Waals surface area contributed by atoms with Crippen LogP contribution < -0.4 is 4.72 Å². The number of sulfonamides is 1. The van der Waals surface area contributed by atoms with E-state index in [2.05, 4.69) is 25.6 Å². The lowest BCUT2D eigenvalue weighted by Gasteiger charge is -2.05. The number of anilines is 1. The Labute approximate surface area is 121 Å². The van der Waals surface area contributed by atoms with Gasteiger partial charge < -0.3 is 5.11 Å². The van der Waals surface area contributed by atoms with E-state index in [0.717, 1.165) is 11.3 Å². The number of carboxylic acid groups (broad SMARTS) is 1. The van der Waals surface area contributed by atoms with E-state index in [9.17, 15) is 13.2 Å². The van der Waals surface area contributed by atoms with Crippen LogP contribution >= 0.6 is 27.3 Å². The summed E-state index contributed by atoms with van der Waals surface area (Å²) >= 11 is 4.22. The number of carbonyl (C=O) groups is 1. The minimum absolute atomic E-state index is 0.0376. The molecule has 0 amide bonds. The Balaban J connectivity index is 2.30. The summed E-state index contributed by atoms with van der Waals surface area (Å²) in [7, 11) is -3.75. The first kappa shape index (κ1) is 14.0. The maximum Gasteiger partial charge on any atom is 0.354 e. The minimum Gasteiger partial charge on any atom is -0.477 e. The molecule has 0 atom stereocenters. The topological polar surface area (TPSA) is 96.4 Å². The van der Waals surface area contributed by atoms with Crippen molar-refractivity contribution in [2.24, 2.45) is 0 Å². The van der Waals surface area contributed by atoms with Crippen molar-refractivity contribution < 1.29 is 18.3 Å². The number of hydrogen-bond donors (Lipinski definition) is 2. The van der Waals surface area contributed by atoms with E-state index in [4.69, 9.17) is 5.11 Å². The number of aromatic carboxylic acids is 1. The van der Waals surface area contributed by atoms with Crippen LogP contribution in [0.1, 0.15) is 10.5 Å². The van der Waals surface area contributed by atoms with Gasteiger partial charge in [-0.15, -0.1) is 11.3 Å². The van der Waals surface area contributed by atoms with Crippen molar-refractivity contribution in [3.63, 3.8) is 0 Å². The zero-order chi connectivity index (χ0) is 14.0. The highest BCUT2D eigenvalue weighted by Crippen LogP contribution is 2.27. The third kappa shape index (κ3) is 3.31. The first-order valence-electron chi connectivity index (χ1n) is 4.87. The molecule has 0 radical (unpaired) electrons. The molecule has 0 aliphatic heterocycles. The zero-order valence-electron chi connectivity index (χ0n) is 9.20. The molecule has 0 aliphatic rings. The van der Waals surface area contributed by atoms with Crippen LogP contribution in [-0.2, 0) is 10.0 Å². The maximum atomic E-state index is 12.0. The van der Waals surface area contributed by atoms with Gasteiger partial charge in [-0.3, -0.25) is 4.72 Å². The summed E-state index contributed by atoms with van der Waals surface area (Å²) in [6.07, 6.45) is 0. The molecule has 19 heavy (non-hydrogen) atoms. The summed E-state index contributed by atoms with van der Waals surface area (Å²) in [5.41, 5.74) is -0.229. The van der Waals surface area contributed by atoms with Gasteiger partial charge in [-0.2, -0.15) is 0 Å². The van der Waals surface area contributed by atoms with Crippen molar-refractivity contribution in [2.45, 2.75) is 4.21 Å². The Morgan fingerprint density at radius 1 is 1.32 bits per heavy atom. The minimum atomic E-state index is -3.75. The van der Waals surface area contributed by atoms with Crippen molar-refractivity contribution in [1.29, 1.82) is 0 Å². The van der Waals surface area contributed by atoms with Gasteiger partial charge in [0, 0.05) is 0 Å². The number of pyridine rings is 1. The highest BCUT2D eigenvalue weighted by molar-refractivity contribution is 9.11. The fourth-order valence-electron chi connectivity index (χ4n) is 1.24. The predicted molar refractivity (Wildman–Crippen MR) is 74.0 cm³/mol. The monoisotopic (exact) mass is 362 g/mol. The van der Waals surface area contributed by atoms with Gasteiger partial charge in [0.1, 0.15) is 10.0 Å². The Morgan fingerprint density at radius 3 is 2.63 bits per heavy atom. The summed E-state index contributed by atoms with van der Waals surface area (Å²) in [6.45, 7) is 0. The Morgan fingerprint density at radius 2 is 2.05 bits per heavy atom. The smallest absolute Gasteiger partial charge is 0.354 e. The van der Waals surface area contributed by atoms with Crippen molar-refractivity contribution in [3.8, 4) is 0 Å². The molecule has 2 aromatic rings. The number of aromatic nitrogens is 1. The largest absolute Gasteiger partial charge is 0.477 e. The molecule has 0 fully saturated rings. The molecule has 0 saturated heterocycles. The molecule has 0 aliphatic carbocycles. The highest BCUT2D eigenvalue weighted by Gasteiger charge is 2.17. The number of halogens is 1. The van der Waals surface area contributed by atoms with E-state index >= 15 is 0 Å². The van der Waals surface area contributed by atoms with Crippen LogP contribution in [0.2, 0.25) is 0 Å². The van der Waals surface area contributed by atoms with Crippen LogP contribution in [0, 0.1) is 0 Å². The molecule has 0 saturated carbocycles. The predicted octanol–water partition coefficient (Wildman–Crippen LogP) is 2.40. The fourth-order valence-corrected chi connectivity index (χ4v) is 4.25. The molecule has 6 nitrogen and oxygen atoms in total. The second kappa shape index (κ2) is 5.27. The molecule has 2 aromatic heterocycles. The quantitative estimate of drug-likeness (QED) is 0.870. The third-order valence-corrected chi connectivity index (χ3v) is 5.49. The van der Waals surface area contributed by atoms with Crippen molar-refractivity contribution >= 4 is 49.1 Å². The van der Waals surface area contributed by atoms with E-state index in [1.165, 1.54) is 24.3 Å². The van der Waals surface area contributed by atoms with Crippen LogP contribution in [-0.4, -0.2) is 24.5 Å². The second-order valence-corrected chi connectivity index (χ2v) is 7.75. The molecule has 9 heteroatoms. The van der Waals surface area contributed by atoms with Gasteiger partial charge in [0.2, 0.25) is 0 Å². The lowest BCUT2D eigenvalue weighted by atomic mass is 10.3. The van der Waals surface area contributed by atoms with Gasteiger partial charge in [-0.1, -0.05) is 6.07 Å². The zero-order valence-corrected chi connectivity index (χ0v) is 12.4. The first-order valence-corrected chi connectivity index (χ1v) is 7.96. The van der Waals surface area contributed by atoms with E-state index < -0.39 is 16.0 Å². The van der Waals surface area contributed by atoms with Gasteiger partial charge in [0.25, 0.3) is 10.0 Å². The fraction of sp³-hybridized carbons (Fsp3) is 0. The first-order chi connectivity index (χ1) is 8.88. The molecule has 2 rings (SSSR count). The average molecular weight is 363 g/mol. The Hall–Kier alpha value is -1.45. The summed E-state index contributed by atoms with van der Waals surface area (Å²) in [4.78, 5) is 14.4. The Bertz CT molecular complexity index is 727. The molecular weight excluding hydrogens is 356 g/mol. The lowest BCUT2D eigenvalue weighted by Crippen LogP contribution is -2.13. The molecule has 0 unspecified atom stereocenters. The van der Waals surface area contributed by atoms with Crippen molar-refractivity contribution in [3.05, 3.63) is 39.8 Å². The summed E-state index contributed by atoms with van der Waals surface area (Å²) < 4.78 is 27.0. The summed E-state index contributed by atoms with van der Waals surface area (Å²) in [5.74, 6) is -1.26. The van der Waals surface area contributed by atoms with Crippen LogP contribution in [0.3, 0.4) is 0 Å². The number of nitrogens with one attached hydrogen (secondary N) is 1. The molecule has 0 spiro atoms. The number of carboxylic acids is 1. The van der Waals surface area contributed by atoms with Crippen molar-refractivity contribution in [1.82, 2.24) is 4.98 Å². The van der Waals surface area contributed by atoms with E-state index in [1.54, 1.807) is 6.07 Å². The van der Waals surface area contributed by atoms with Gasteiger partial charge in [0.15, 0.2) is 5.69 Å².